The minimum atomic E-state index is -0.323. The summed E-state index contributed by atoms with van der Waals surface area (Å²) in [6.45, 7) is 6.85. The van der Waals surface area contributed by atoms with Crippen LogP contribution in [0.4, 0.5) is 5.82 Å². The molecule has 1 aliphatic carbocycles. The number of hydrogen-bond acceptors (Lipinski definition) is 4. The first-order chi connectivity index (χ1) is 9.63. The number of nitrogens with two attached hydrogens (primary N) is 1. The van der Waals surface area contributed by atoms with E-state index in [1.807, 2.05) is 13.8 Å². The van der Waals surface area contributed by atoms with Crippen LogP contribution in [0.15, 0.2) is 0 Å². The van der Waals surface area contributed by atoms with Gasteiger partial charge in [-0.15, -0.1) is 0 Å². The Balaban J connectivity index is 2.43. The maximum atomic E-state index is 6.14. The van der Waals surface area contributed by atoms with Crippen LogP contribution >= 0.6 is 0 Å². The van der Waals surface area contributed by atoms with Crippen molar-refractivity contribution in [1.82, 2.24) is 9.97 Å². The van der Waals surface area contributed by atoms with Crippen molar-refractivity contribution in [3.63, 3.8) is 0 Å². The molecule has 0 atom stereocenters. The number of nitrogens with zero attached hydrogens (tertiary/aromatic N) is 2. The van der Waals surface area contributed by atoms with Gasteiger partial charge in [0.1, 0.15) is 11.4 Å². The normalized spacial score (nSPS) is 18.8. The summed E-state index contributed by atoms with van der Waals surface area (Å²) in [4.78, 5) is 9.35. The topological polar surface area (TPSA) is 61.0 Å². The van der Waals surface area contributed by atoms with Gasteiger partial charge >= 0.3 is 0 Å². The maximum absolute atomic E-state index is 6.14. The molecule has 1 heterocycles. The van der Waals surface area contributed by atoms with Gasteiger partial charge in [-0.25, -0.2) is 9.97 Å². The highest BCUT2D eigenvalue weighted by Crippen LogP contribution is 2.38. The maximum Gasteiger partial charge on any atom is 0.162 e. The van der Waals surface area contributed by atoms with E-state index in [1.165, 1.54) is 25.7 Å². The molecule has 1 aromatic heterocycles. The Bertz CT molecular complexity index is 428. The zero-order chi connectivity index (χ0) is 14.6. The summed E-state index contributed by atoms with van der Waals surface area (Å²) in [5.74, 6) is 1.42. The van der Waals surface area contributed by atoms with Crippen LogP contribution in [0.3, 0.4) is 0 Å². The van der Waals surface area contributed by atoms with E-state index in [-0.39, 0.29) is 5.60 Å². The Morgan fingerprint density at radius 1 is 1.10 bits per heavy atom. The summed E-state index contributed by atoms with van der Waals surface area (Å²) >= 11 is 0. The van der Waals surface area contributed by atoms with Gasteiger partial charge in [-0.05, 0) is 33.1 Å². The predicted molar refractivity (Wildman–Crippen MR) is 81.6 cm³/mol. The predicted octanol–water partition coefficient (Wildman–Crippen LogP) is 3.52. The van der Waals surface area contributed by atoms with Gasteiger partial charge in [-0.2, -0.15) is 0 Å². The Kier molecular flexibility index (Phi) is 4.97. The summed E-state index contributed by atoms with van der Waals surface area (Å²) in [6.07, 6.45) is 7.79. The first-order valence-corrected chi connectivity index (χ1v) is 7.90. The number of ether oxygens (including phenoxy) is 1. The van der Waals surface area contributed by atoms with Gasteiger partial charge in [0.05, 0.1) is 0 Å². The van der Waals surface area contributed by atoms with E-state index in [4.69, 9.17) is 15.5 Å². The smallest absolute Gasteiger partial charge is 0.162 e. The first-order valence-electron chi connectivity index (χ1n) is 7.90. The molecule has 112 valence electrons. The van der Waals surface area contributed by atoms with Crippen molar-refractivity contribution in [2.24, 2.45) is 0 Å². The Morgan fingerprint density at radius 3 is 2.25 bits per heavy atom. The fraction of sp³-hybridized carbons (Fsp3) is 0.750. The molecule has 0 aromatic carbocycles. The lowest BCUT2D eigenvalue weighted by atomic mass is 9.92. The lowest BCUT2D eigenvalue weighted by molar-refractivity contribution is -0.0624. The summed E-state index contributed by atoms with van der Waals surface area (Å²) in [5, 5.41) is 0. The SMILES string of the molecule is CCOC1(c2nc(C)c(CC)c(N)n2)CCCCCC1. The minimum absolute atomic E-state index is 0.323. The van der Waals surface area contributed by atoms with Crippen molar-refractivity contribution >= 4 is 5.82 Å². The van der Waals surface area contributed by atoms with Gasteiger partial charge < -0.3 is 10.5 Å². The summed E-state index contributed by atoms with van der Waals surface area (Å²) in [6, 6.07) is 0. The van der Waals surface area contributed by atoms with E-state index in [1.54, 1.807) is 0 Å². The fourth-order valence-electron chi connectivity index (χ4n) is 3.27. The number of aryl methyl sites for hydroxylation is 1. The molecule has 1 aliphatic rings. The van der Waals surface area contributed by atoms with Gasteiger partial charge in [0.25, 0.3) is 0 Å². The lowest BCUT2D eigenvalue weighted by Crippen LogP contribution is -2.32. The highest BCUT2D eigenvalue weighted by atomic mass is 16.5. The Labute approximate surface area is 122 Å². The molecule has 2 N–H and O–H groups in total. The average molecular weight is 277 g/mol. The van der Waals surface area contributed by atoms with Crippen molar-refractivity contribution in [3.05, 3.63) is 17.1 Å². The monoisotopic (exact) mass is 277 g/mol. The number of anilines is 1. The van der Waals surface area contributed by atoms with Crippen molar-refractivity contribution in [1.29, 1.82) is 0 Å². The first kappa shape index (κ1) is 15.2. The summed E-state index contributed by atoms with van der Waals surface area (Å²) < 4.78 is 6.14. The largest absolute Gasteiger partial charge is 0.383 e. The quantitative estimate of drug-likeness (QED) is 0.855. The molecule has 4 nitrogen and oxygen atoms in total. The fourth-order valence-corrected chi connectivity index (χ4v) is 3.27. The second-order valence-corrected chi connectivity index (χ2v) is 5.69. The number of aromatic nitrogens is 2. The Hall–Kier alpha value is -1.16. The molecule has 0 unspecified atom stereocenters. The van der Waals surface area contributed by atoms with Crippen molar-refractivity contribution in [2.45, 2.75) is 71.3 Å². The van der Waals surface area contributed by atoms with Gasteiger partial charge in [0, 0.05) is 17.9 Å². The summed E-state index contributed by atoms with van der Waals surface area (Å²) in [7, 11) is 0. The van der Waals surface area contributed by atoms with Crippen LogP contribution < -0.4 is 5.73 Å². The Morgan fingerprint density at radius 2 is 1.75 bits per heavy atom. The molecule has 0 amide bonds. The molecular weight excluding hydrogens is 250 g/mol. The lowest BCUT2D eigenvalue weighted by Gasteiger charge is -2.31. The average Bonchev–Trinajstić information content (AvgIpc) is 2.65. The van der Waals surface area contributed by atoms with Crippen LogP contribution in [-0.4, -0.2) is 16.6 Å². The van der Waals surface area contributed by atoms with Crippen molar-refractivity contribution in [3.8, 4) is 0 Å². The molecule has 0 radical (unpaired) electrons. The summed E-state index contributed by atoms with van der Waals surface area (Å²) in [5.41, 5.74) is 7.87. The van der Waals surface area contributed by atoms with Gasteiger partial charge in [-0.3, -0.25) is 0 Å². The van der Waals surface area contributed by atoms with Crippen LogP contribution in [0, 0.1) is 6.92 Å². The van der Waals surface area contributed by atoms with Crippen molar-refractivity contribution in [2.75, 3.05) is 12.3 Å². The van der Waals surface area contributed by atoms with Gasteiger partial charge in [0.2, 0.25) is 0 Å². The molecule has 0 bridgehead atoms. The van der Waals surface area contributed by atoms with Crippen LogP contribution in [-0.2, 0) is 16.8 Å². The third-order valence-corrected chi connectivity index (χ3v) is 4.34. The zero-order valence-electron chi connectivity index (χ0n) is 13.0. The van der Waals surface area contributed by atoms with Crippen LogP contribution in [0.5, 0.6) is 0 Å². The molecular formula is C16H27N3O. The number of hydrogen-bond donors (Lipinski definition) is 1. The zero-order valence-corrected chi connectivity index (χ0v) is 13.0. The third-order valence-electron chi connectivity index (χ3n) is 4.34. The van der Waals surface area contributed by atoms with E-state index in [2.05, 4.69) is 11.9 Å². The number of rotatable bonds is 4. The number of nitrogen functional groups attached to an aromatic ring is 1. The highest BCUT2D eigenvalue weighted by Gasteiger charge is 2.37. The molecule has 1 fully saturated rings. The molecule has 0 aliphatic heterocycles. The molecule has 0 spiro atoms. The van der Waals surface area contributed by atoms with Crippen LogP contribution in [0.1, 0.15) is 69.5 Å². The van der Waals surface area contributed by atoms with E-state index in [9.17, 15) is 0 Å². The van der Waals surface area contributed by atoms with Gasteiger partial charge in [-0.1, -0.05) is 32.6 Å². The van der Waals surface area contributed by atoms with E-state index in [0.29, 0.717) is 12.4 Å². The van der Waals surface area contributed by atoms with E-state index in [0.717, 1.165) is 36.3 Å². The highest BCUT2D eigenvalue weighted by molar-refractivity contribution is 5.42. The van der Waals surface area contributed by atoms with Crippen LogP contribution in [0.25, 0.3) is 0 Å². The van der Waals surface area contributed by atoms with Crippen LogP contribution in [0.2, 0.25) is 0 Å². The second kappa shape index (κ2) is 6.53. The van der Waals surface area contributed by atoms with E-state index < -0.39 is 0 Å². The molecule has 4 heteroatoms. The molecule has 2 rings (SSSR count). The standard InChI is InChI=1S/C16H27N3O/c1-4-13-12(3)18-15(19-14(13)17)16(20-5-2)10-8-6-7-9-11-16/h4-11H2,1-3H3,(H2,17,18,19). The second-order valence-electron chi connectivity index (χ2n) is 5.69. The minimum Gasteiger partial charge on any atom is -0.383 e. The van der Waals surface area contributed by atoms with Gasteiger partial charge in [0.15, 0.2) is 5.82 Å². The molecule has 0 saturated heterocycles. The molecule has 1 aromatic rings. The van der Waals surface area contributed by atoms with E-state index >= 15 is 0 Å². The van der Waals surface area contributed by atoms with Crippen molar-refractivity contribution < 1.29 is 4.74 Å². The molecule has 1 saturated carbocycles. The molecule has 20 heavy (non-hydrogen) atoms. The third kappa shape index (κ3) is 2.95.